The molecule has 2 aliphatic heterocycles. The highest BCUT2D eigenvalue weighted by Gasteiger charge is 2.40. The standard InChI is InChI=1S/C26H31N5OS/c1-4-30-25(24(28-26(30)33)23-7-5-6-12-27-23)22-17-18(2)31(19(22)3)21-10-8-20(9-11-21)29-13-15-32-16-14-29/h5-12,17,24-25H,4,13-16H2,1-3H3,(H,28,33)/t24-,25-/m0/s1. The Labute approximate surface area is 201 Å². The summed E-state index contributed by atoms with van der Waals surface area (Å²) in [7, 11) is 0. The lowest BCUT2D eigenvalue weighted by Crippen LogP contribution is -2.36. The number of hydrogen-bond donors (Lipinski definition) is 1. The van der Waals surface area contributed by atoms with Gasteiger partial charge in [-0.3, -0.25) is 4.98 Å². The number of benzene rings is 1. The van der Waals surface area contributed by atoms with E-state index in [9.17, 15) is 0 Å². The van der Waals surface area contributed by atoms with Gasteiger partial charge in [-0.25, -0.2) is 0 Å². The lowest BCUT2D eigenvalue weighted by atomic mass is 9.97. The van der Waals surface area contributed by atoms with Gasteiger partial charge in [0.1, 0.15) is 0 Å². The highest BCUT2D eigenvalue weighted by molar-refractivity contribution is 7.80. The minimum Gasteiger partial charge on any atom is -0.378 e. The van der Waals surface area contributed by atoms with Crippen LogP contribution in [0.5, 0.6) is 0 Å². The van der Waals surface area contributed by atoms with Crippen molar-refractivity contribution in [2.24, 2.45) is 0 Å². The zero-order chi connectivity index (χ0) is 22.9. The zero-order valence-electron chi connectivity index (χ0n) is 19.5. The Morgan fingerprint density at radius 2 is 1.79 bits per heavy atom. The molecule has 172 valence electrons. The van der Waals surface area contributed by atoms with Crippen molar-refractivity contribution in [3.8, 4) is 5.69 Å². The number of rotatable bonds is 5. The summed E-state index contributed by atoms with van der Waals surface area (Å²) in [6, 6.07) is 17.4. The van der Waals surface area contributed by atoms with Gasteiger partial charge in [-0.2, -0.15) is 0 Å². The maximum atomic E-state index is 5.71. The summed E-state index contributed by atoms with van der Waals surface area (Å²) in [6.07, 6.45) is 1.85. The molecule has 0 amide bonds. The van der Waals surface area contributed by atoms with Crippen LogP contribution >= 0.6 is 12.2 Å². The molecule has 0 unspecified atom stereocenters. The van der Waals surface area contributed by atoms with Crippen LogP contribution in [0.2, 0.25) is 0 Å². The number of pyridine rings is 1. The van der Waals surface area contributed by atoms with E-state index in [0.717, 1.165) is 43.7 Å². The van der Waals surface area contributed by atoms with Gasteiger partial charge in [0, 0.05) is 48.6 Å². The molecule has 1 N–H and O–H groups in total. The van der Waals surface area contributed by atoms with E-state index >= 15 is 0 Å². The van der Waals surface area contributed by atoms with Crippen LogP contribution in [0.3, 0.4) is 0 Å². The van der Waals surface area contributed by atoms with E-state index in [1.165, 1.54) is 28.3 Å². The number of hydrogen-bond acceptors (Lipinski definition) is 4. The summed E-state index contributed by atoms with van der Waals surface area (Å²) in [5.41, 5.74) is 7.19. The molecule has 2 aliphatic rings. The molecule has 2 saturated heterocycles. The Morgan fingerprint density at radius 3 is 2.45 bits per heavy atom. The molecule has 7 heteroatoms. The smallest absolute Gasteiger partial charge is 0.170 e. The fourth-order valence-corrected chi connectivity index (χ4v) is 5.57. The molecule has 0 bridgehead atoms. The van der Waals surface area contributed by atoms with Crippen molar-refractivity contribution in [1.82, 2.24) is 19.8 Å². The van der Waals surface area contributed by atoms with E-state index in [1.807, 2.05) is 18.3 Å². The predicted molar refractivity (Wildman–Crippen MR) is 136 cm³/mol. The van der Waals surface area contributed by atoms with E-state index in [4.69, 9.17) is 17.0 Å². The van der Waals surface area contributed by atoms with Gasteiger partial charge in [0.25, 0.3) is 0 Å². The van der Waals surface area contributed by atoms with E-state index < -0.39 is 0 Å². The first-order chi connectivity index (χ1) is 16.1. The van der Waals surface area contributed by atoms with Gasteiger partial charge in [0.05, 0.1) is 31.0 Å². The highest BCUT2D eigenvalue weighted by Crippen LogP contribution is 2.41. The number of aryl methyl sites for hydroxylation is 1. The second kappa shape index (κ2) is 9.15. The van der Waals surface area contributed by atoms with Crippen molar-refractivity contribution in [1.29, 1.82) is 0 Å². The van der Waals surface area contributed by atoms with Crippen LogP contribution < -0.4 is 10.2 Å². The second-order valence-corrected chi connectivity index (χ2v) is 9.08. The van der Waals surface area contributed by atoms with E-state index in [2.05, 4.69) is 81.8 Å². The fraction of sp³-hybridized carbons (Fsp3) is 0.385. The normalized spacial score (nSPS) is 20.9. The highest BCUT2D eigenvalue weighted by atomic mass is 32.1. The summed E-state index contributed by atoms with van der Waals surface area (Å²) in [5, 5.41) is 4.32. The SMILES string of the molecule is CCN1C(=S)N[C@@H](c2ccccn2)[C@@H]1c1cc(C)n(-c2ccc(N3CCOCC3)cc2)c1C. The van der Waals surface area contributed by atoms with Gasteiger partial charge < -0.3 is 24.4 Å². The van der Waals surface area contributed by atoms with Gasteiger partial charge in [0.15, 0.2) is 5.11 Å². The molecule has 33 heavy (non-hydrogen) atoms. The average molecular weight is 462 g/mol. The molecule has 0 saturated carbocycles. The number of thiocarbonyl (C=S) groups is 1. The Bertz CT molecular complexity index is 1120. The molecule has 0 radical (unpaired) electrons. The van der Waals surface area contributed by atoms with E-state index in [-0.39, 0.29) is 12.1 Å². The molecule has 2 aromatic heterocycles. The van der Waals surface area contributed by atoms with Crippen LogP contribution in [0.15, 0.2) is 54.7 Å². The van der Waals surface area contributed by atoms with Gasteiger partial charge in [-0.1, -0.05) is 6.07 Å². The molecule has 2 fully saturated rings. The lowest BCUT2D eigenvalue weighted by molar-refractivity contribution is 0.122. The molecular weight excluding hydrogens is 430 g/mol. The monoisotopic (exact) mass is 461 g/mol. The molecular formula is C26H31N5OS. The van der Waals surface area contributed by atoms with Crippen molar-refractivity contribution >= 4 is 23.0 Å². The first-order valence-electron chi connectivity index (χ1n) is 11.7. The molecule has 4 heterocycles. The Balaban J connectivity index is 1.50. The van der Waals surface area contributed by atoms with Gasteiger partial charge >= 0.3 is 0 Å². The number of ether oxygens (including phenoxy) is 1. The van der Waals surface area contributed by atoms with Crippen molar-refractivity contribution in [2.45, 2.75) is 32.9 Å². The Kier molecular flexibility index (Phi) is 6.08. The van der Waals surface area contributed by atoms with Crippen molar-refractivity contribution < 1.29 is 4.74 Å². The predicted octanol–water partition coefficient (Wildman–Crippen LogP) is 4.32. The number of anilines is 1. The number of aromatic nitrogens is 2. The summed E-state index contributed by atoms with van der Waals surface area (Å²) in [5.74, 6) is 0. The minimum atomic E-state index is 0.0243. The number of nitrogens with one attached hydrogen (secondary N) is 1. The Hall–Kier alpha value is -2.90. The first kappa shape index (κ1) is 21.9. The van der Waals surface area contributed by atoms with Crippen LogP contribution in [-0.2, 0) is 4.74 Å². The molecule has 0 spiro atoms. The molecule has 6 nitrogen and oxygen atoms in total. The maximum absolute atomic E-state index is 5.71. The number of likely N-dealkylation sites (N-methyl/N-ethyl adjacent to an activating group) is 1. The van der Waals surface area contributed by atoms with Gasteiger partial charge in [-0.15, -0.1) is 0 Å². The summed E-state index contributed by atoms with van der Waals surface area (Å²) in [4.78, 5) is 9.31. The molecule has 5 rings (SSSR count). The van der Waals surface area contributed by atoms with Gasteiger partial charge in [0.2, 0.25) is 0 Å². The third-order valence-corrected chi connectivity index (χ3v) is 7.16. The number of nitrogens with zero attached hydrogens (tertiary/aromatic N) is 4. The van der Waals surface area contributed by atoms with Gasteiger partial charge in [-0.05, 0) is 81.0 Å². The third kappa shape index (κ3) is 4.00. The minimum absolute atomic E-state index is 0.0243. The molecule has 3 aromatic rings. The largest absolute Gasteiger partial charge is 0.378 e. The zero-order valence-corrected chi connectivity index (χ0v) is 20.3. The van der Waals surface area contributed by atoms with Crippen LogP contribution in [0, 0.1) is 13.8 Å². The molecule has 1 aromatic carbocycles. The topological polar surface area (TPSA) is 45.6 Å². The molecule has 2 atom stereocenters. The quantitative estimate of drug-likeness (QED) is 0.571. The third-order valence-electron chi connectivity index (χ3n) is 6.81. The van der Waals surface area contributed by atoms with Crippen LogP contribution in [-0.4, -0.2) is 52.4 Å². The second-order valence-electron chi connectivity index (χ2n) is 8.69. The lowest BCUT2D eigenvalue weighted by Gasteiger charge is -2.29. The summed E-state index contributed by atoms with van der Waals surface area (Å²) >= 11 is 5.71. The van der Waals surface area contributed by atoms with E-state index in [1.54, 1.807) is 0 Å². The molecule has 0 aliphatic carbocycles. The van der Waals surface area contributed by atoms with Crippen molar-refractivity contribution in [2.75, 3.05) is 37.7 Å². The van der Waals surface area contributed by atoms with Crippen LogP contribution in [0.4, 0.5) is 5.69 Å². The van der Waals surface area contributed by atoms with Crippen molar-refractivity contribution in [3.05, 3.63) is 77.4 Å². The van der Waals surface area contributed by atoms with Crippen LogP contribution in [0.25, 0.3) is 5.69 Å². The van der Waals surface area contributed by atoms with Crippen molar-refractivity contribution in [3.63, 3.8) is 0 Å². The summed E-state index contributed by atoms with van der Waals surface area (Å²) < 4.78 is 7.85. The first-order valence-corrected chi connectivity index (χ1v) is 12.1. The van der Waals surface area contributed by atoms with Crippen LogP contribution in [0.1, 0.15) is 41.7 Å². The van der Waals surface area contributed by atoms with E-state index in [0.29, 0.717) is 0 Å². The fourth-order valence-electron chi connectivity index (χ4n) is 5.20. The average Bonchev–Trinajstić information content (AvgIpc) is 3.34. The number of morpholine rings is 1. The Morgan fingerprint density at radius 1 is 1.06 bits per heavy atom. The maximum Gasteiger partial charge on any atom is 0.170 e. The summed E-state index contributed by atoms with van der Waals surface area (Å²) in [6.45, 7) is 10.9.